The highest BCUT2D eigenvalue weighted by Gasteiger charge is 2.26. The van der Waals surface area contributed by atoms with E-state index in [0.717, 1.165) is 49.3 Å². The molecule has 0 spiro atoms. The number of carbonyl (C=O) groups excluding carboxylic acids is 1. The van der Waals surface area contributed by atoms with Gasteiger partial charge in [-0.25, -0.2) is 0 Å². The van der Waals surface area contributed by atoms with Gasteiger partial charge in [0.1, 0.15) is 15.5 Å². The van der Waals surface area contributed by atoms with Crippen molar-refractivity contribution in [3.63, 3.8) is 0 Å². The van der Waals surface area contributed by atoms with Crippen LogP contribution in [0.4, 0.5) is 22.7 Å². The molecule has 0 aromatic heterocycles. The lowest BCUT2D eigenvalue weighted by Crippen LogP contribution is -2.10. The number of hydrogen-bond donors (Lipinski definition) is 5. The summed E-state index contributed by atoms with van der Waals surface area (Å²) in [6, 6.07) is 17.0. The SMILES string of the molecule is [N-]=[N+]=NCCCCCCCC(=O)Nc1ccc(-c2ccc(N=Nc3ccc4c(S(=O)(=O)O)cc(S(=O)(=O)O)c(N)c4c3O)cc2)cc1. The first-order valence-corrected chi connectivity index (χ1v) is 17.1. The van der Waals surface area contributed by atoms with Crippen LogP contribution in [0.3, 0.4) is 0 Å². The van der Waals surface area contributed by atoms with Gasteiger partial charge in [-0.3, -0.25) is 13.9 Å². The number of nitrogens with two attached hydrogens (primary N) is 1. The summed E-state index contributed by atoms with van der Waals surface area (Å²) in [6.45, 7) is 0.495. The number of nitrogens with zero attached hydrogens (tertiary/aromatic N) is 5. The van der Waals surface area contributed by atoms with Gasteiger partial charge in [-0.15, -0.1) is 5.11 Å². The lowest BCUT2D eigenvalue weighted by Gasteiger charge is -2.13. The molecule has 246 valence electrons. The van der Waals surface area contributed by atoms with Crippen LogP contribution < -0.4 is 11.1 Å². The number of fused-ring (bicyclic) bond motifs is 1. The van der Waals surface area contributed by atoms with Gasteiger partial charge in [0.2, 0.25) is 5.91 Å². The van der Waals surface area contributed by atoms with Crippen LogP contribution in [0.25, 0.3) is 32.3 Å². The molecular formula is C30H31N7O8S2. The van der Waals surface area contributed by atoms with Crippen LogP contribution in [0.15, 0.2) is 91.9 Å². The van der Waals surface area contributed by atoms with Gasteiger partial charge in [0.15, 0.2) is 5.75 Å². The molecule has 0 saturated heterocycles. The van der Waals surface area contributed by atoms with Crippen LogP contribution in [-0.4, -0.2) is 43.5 Å². The molecule has 15 nitrogen and oxygen atoms in total. The third-order valence-corrected chi connectivity index (χ3v) is 8.93. The second kappa shape index (κ2) is 15.0. The fraction of sp³-hybridized carbons (Fsp3) is 0.233. The number of anilines is 2. The number of aromatic hydroxyl groups is 1. The molecular weight excluding hydrogens is 651 g/mol. The number of azide groups is 1. The highest BCUT2D eigenvalue weighted by Crippen LogP contribution is 2.43. The third kappa shape index (κ3) is 9.02. The minimum atomic E-state index is -5.03. The smallest absolute Gasteiger partial charge is 0.296 e. The average molecular weight is 682 g/mol. The van der Waals surface area contributed by atoms with Gasteiger partial charge in [0.25, 0.3) is 20.2 Å². The molecule has 47 heavy (non-hydrogen) atoms. The van der Waals surface area contributed by atoms with Crippen molar-refractivity contribution in [2.24, 2.45) is 15.3 Å². The van der Waals surface area contributed by atoms with E-state index in [1.54, 1.807) is 36.4 Å². The molecule has 0 aliphatic heterocycles. The summed E-state index contributed by atoms with van der Waals surface area (Å²) in [5, 5.41) is 24.5. The predicted octanol–water partition coefficient (Wildman–Crippen LogP) is 7.29. The first-order valence-electron chi connectivity index (χ1n) is 14.3. The van der Waals surface area contributed by atoms with Crippen molar-refractivity contribution in [2.45, 2.75) is 48.3 Å². The maximum Gasteiger partial charge on any atom is 0.296 e. The van der Waals surface area contributed by atoms with Crippen LogP contribution in [0, 0.1) is 0 Å². The molecule has 0 heterocycles. The maximum atomic E-state index is 12.3. The van der Waals surface area contributed by atoms with Gasteiger partial charge in [-0.05, 0) is 65.9 Å². The molecule has 0 aliphatic carbocycles. The van der Waals surface area contributed by atoms with Gasteiger partial charge in [-0.2, -0.15) is 21.9 Å². The Morgan fingerprint density at radius 2 is 1.40 bits per heavy atom. The van der Waals surface area contributed by atoms with E-state index < -0.39 is 46.9 Å². The zero-order chi connectivity index (χ0) is 34.2. The molecule has 0 aliphatic rings. The number of phenols is 1. The van der Waals surface area contributed by atoms with Crippen LogP contribution in [0.2, 0.25) is 0 Å². The number of nitrogen functional groups attached to an aromatic ring is 1. The van der Waals surface area contributed by atoms with Crippen molar-refractivity contribution in [1.29, 1.82) is 0 Å². The number of rotatable bonds is 14. The van der Waals surface area contributed by atoms with Crippen molar-refractivity contribution in [2.75, 3.05) is 17.6 Å². The molecule has 0 saturated carbocycles. The minimum absolute atomic E-state index is 0.0700. The zero-order valence-electron chi connectivity index (χ0n) is 24.8. The van der Waals surface area contributed by atoms with Crippen LogP contribution in [0.5, 0.6) is 5.75 Å². The van der Waals surface area contributed by atoms with Gasteiger partial charge in [-0.1, -0.05) is 54.7 Å². The summed E-state index contributed by atoms with van der Waals surface area (Å²) >= 11 is 0. The van der Waals surface area contributed by atoms with Gasteiger partial charge >= 0.3 is 0 Å². The topological polar surface area (TPSA) is 258 Å². The lowest BCUT2D eigenvalue weighted by atomic mass is 10.0. The second-order valence-electron chi connectivity index (χ2n) is 10.4. The van der Waals surface area contributed by atoms with Crippen LogP contribution in [0.1, 0.15) is 38.5 Å². The Morgan fingerprint density at radius 1 is 0.809 bits per heavy atom. The van der Waals surface area contributed by atoms with Crippen LogP contribution >= 0.6 is 0 Å². The van der Waals surface area contributed by atoms with Gasteiger partial charge in [0, 0.05) is 29.0 Å². The van der Waals surface area contributed by atoms with E-state index in [4.69, 9.17) is 11.3 Å². The normalized spacial score (nSPS) is 11.9. The van der Waals surface area contributed by atoms with Gasteiger partial charge in [0.05, 0.1) is 16.8 Å². The molecule has 4 aromatic carbocycles. The Kier molecular flexibility index (Phi) is 11.1. The van der Waals surface area contributed by atoms with Crippen LogP contribution in [-0.2, 0) is 25.0 Å². The zero-order valence-corrected chi connectivity index (χ0v) is 26.4. The van der Waals surface area contributed by atoms with E-state index in [-0.39, 0.29) is 17.0 Å². The molecule has 0 atom stereocenters. The standard InChI is InChI=1S/C30H31N7O8S2/c31-29-26(47(43,44)45)18-25(46(40,41)42)23-15-16-24(30(39)28(23)29)36-35-22-13-9-20(10-14-22)19-7-11-21(12-8-19)34-27(38)6-4-2-1-3-5-17-33-37-32/h7-16,18,39H,1-6,17,31H2,(H,34,38)(H,40,41,42)(H,43,44,45). The summed E-state index contributed by atoms with van der Waals surface area (Å²) in [5.41, 5.74) is 16.1. The molecule has 0 unspecified atom stereocenters. The Hall–Kier alpha value is -5.06. The number of benzene rings is 4. The molecule has 6 N–H and O–H groups in total. The molecule has 17 heteroatoms. The quantitative estimate of drug-likeness (QED) is 0.0223. The van der Waals surface area contributed by atoms with Gasteiger partial charge < -0.3 is 16.2 Å². The number of unbranched alkanes of at least 4 members (excludes halogenated alkanes) is 4. The van der Waals surface area contributed by atoms with E-state index in [2.05, 4.69) is 25.6 Å². The first-order chi connectivity index (χ1) is 22.3. The lowest BCUT2D eigenvalue weighted by molar-refractivity contribution is -0.116. The van der Waals surface area contributed by atoms with E-state index in [1.807, 2.05) is 12.1 Å². The second-order valence-corrected chi connectivity index (χ2v) is 13.2. The fourth-order valence-electron chi connectivity index (χ4n) is 4.81. The molecule has 0 radical (unpaired) electrons. The summed E-state index contributed by atoms with van der Waals surface area (Å²) in [4.78, 5) is 13.1. The Morgan fingerprint density at radius 3 is 2.02 bits per heavy atom. The van der Waals surface area contributed by atoms with Crippen molar-refractivity contribution >= 4 is 59.7 Å². The third-order valence-electron chi connectivity index (χ3n) is 7.14. The van der Waals surface area contributed by atoms with E-state index in [9.17, 15) is 35.8 Å². The number of phenolic OH excluding ortho intramolecular Hbond substituents is 1. The maximum absolute atomic E-state index is 12.3. The first kappa shape index (κ1) is 34.8. The van der Waals surface area contributed by atoms with E-state index in [1.165, 1.54) is 6.07 Å². The van der Waals surface area contributed by atoms with Crippen molar-refractivity contribution in [1.82, 2.24) is 0 Å². The number of carbonyl (C=O) groups is 1. The fourth-order valence-corrected chi connectivity index (χ4v) is 6.24. The number of amides is 1. The Labute approximate surface area is 270 Å². The number of hydrogen-bond acceptors (Lipinski definition) is 10. The molecule has 0 fully saturated rings. The molecule has 1 amide bonds. The molecule has 4 aromatic rings. The largest absolute Gasteiger partial charge is 0.505 e. The van der Waals surface area contributed by atoms with Crippen molar-refractivity contribution in [3.05, 3.63) is 77.2 Å². The van der Waals surface area contributed by atoms with Crippen molar-refractivity contribution in [3.8, 4) is 16.9 Å². The Bertz CT molecular complexity index is 2080. The number of nitrogens with one attached hydrogen (secondary N) is 1. The van der Waals surface area contributed by atoms with E-state index >= 15 is 0 Å². The Balaban J connectivity index is 1.42. The monoisotopic (exact) mass is 681 g/mol. The number of azo groups is 1. The predicted molar refractivity (Wildman–Crippen MR) is 176 cm³/mol. The average Bonchev–Trinajstić information content (AvgIpc) is 3.01. The molecule has 4 rings (SSSR count). The van der Waals surface area contributed by atoms with E-state index in [0.29, 0.717) is 30.4 Å². The van der Waals surface area contributed by atoms with Crippen molar-refractivity contribution < 1.29 is 35.8 Å². The highest BCUT2D eigenvalue weighted by atomic mass is 32.2. The minimum Gasteiger partial charge on any atom is -0.505 e. The summed E-state index contributed by atoms with van der Waals surface area (Å²) in [7, 11) is -10.0. The molecule has 0 bridgehead atoms. The summed E-state index contributed by atoms with van der Waals surface area (Å²) in [6.07, 6.45) is 4.89. The summed E-state index contributed by atoms with van der Waals surface area (Å²) < 4.78 is 66.5. The highest BCUT2D eigenvalue weighted by molar-refractivity contribution is 7.87. The summed E-state index contributed by atoms with van der Waals surface area (Å²) in [5.74, 6) is -0.790.